The molecule has 0 aromatic heterocycles. The predicted molar refractivity (Wildman–Crippen MR) is 58.9 cm³/mol. The van der Waals surface area contributed by atoms with Gasteiger partial charge < -0.3 is 0 Å². The highest BCUT2D eigenvalue weighted by molar-refractivity contribution is 8.11. The van der Waals surface area contributed by atoms with Crippen LogP contribution in [0.15, 0.2) is 0 Å². The van der Waals surface area contributed by atoms with E-state index in [1.807, 2.05) is 0 Å². The highest BCUT2D eigenvalue weighted by atomic mass is 32.4. The van der Waals surface area contributed by atoms with E-state index in [1.165, 1.54) is 32.1 Å². The predicted octanol–water partition coefficient (Wildman–Crippen LogP) is 0.0598. The maximum absolute atomic E-state index is 5.32. The average Bonchev–Trinajstić information content (AvgIpc) is 2.19. The Hall–Kier alpha value is 0.450. The molecule has 0 saturated heterocycles. The zero-order chi connectivity index (χ0) is 9.73. The van der Waals surface area contributed by atoms with E-state index in [2.05, 4.69) is 15.5 Å². The molecule has 1 rings (SSSR count). The van der Waals surface area contributed by atoms with Gasteiger partial charge in [-0.15, -0.1) is 0 Å². The molecule has 0 aliphatic heterocycles. The second-order valence-corrected chi connectivity index (χ2v) is 6.97. The molecule has 0 aromatic rings. The van der Waals surface area contributed by atoms with Crippen molar-refractivity contribution >= 4 is 18.3 Å². The zero-order valence-corrected chi connectivity index (χ0v) is 9.33. The van der Waals surface area contributed by atoms with Gasteiger partial charge in [-0.25, -0.2) is 10.4 Å². The highest BCUT2D eigenvalue weighted by Crippen LogP contribution is 2.31. The summed E-state index contributed by atoms with van der Waals surface area (Å²) in [6.07, 6.45) is 6.20. The van der Waals surface area contributed by atoms with Crippen LogP contribution in [0.4, 0.5) is 0 Å². The molecule has 78 valence electrons. The lowest BCUT2D eigenvalue weighted by Crippen LogP contribution is -2.43. The Morgan fingerprint density at radius 3 is 2.08 bits per heavy atom. The Bertz CT molecular complexity index is 185. The van der Waals surface area contributed by atoms with Crippen LogP contribution in [-0.2, 0) is 11.8 Å². The summed E-state index contributed by atoms with van der Waals surface area (Å²) in [6.45, 7) is -2.11. The molecule has 0 spiro atoms. The summed E-state index contributed by atoms with van der Waals surface area (Å²) in [6, 6.07) is 0.465. The lowest BCUT2D eigenvalue weighted by molar-refractivity contribution is 0.418. The van der Waals surface area contributed by atoms with Crippen molar-refractivity contribution < 1.29 is 0 Å². The average molecular weight is 223 g/mol. The molecule has 1 saturated carbocycles. The normalized spacial score (nSPS) is 20.5. The summed E-state index contributed by atoms with van der Waals surface area (Å²) in [5.41, 5.74) is 0. The molecule has 0 heterocycles. The summed E-state index contributed by atoms with van der Waals surface area (Å²) >= 11 is 5.21. The van der Waals surface area contributed by atoms with Gasteiger partial charge in [-0.2, -0.15) is 0 Å². The van der Waals surface area contributed by atoms with Crippen LogP contribution in [0, 0.1) is 0 Å². The van der Waals surface area contributed by atoms with E-state index in [4.69, 9.17) is 23.5 Å². The first-order chi connectivity index (χ1) is 6.20. The first kappa shape index (κ1) is 11.5. The summed E-state index contributed by atoms with van der Waals surface area (Å²) < 4.78 is 0. The quantitative estimate of drug-likeness (QED) is 0.263. The standard InChI is InChI=1S/C6H18N5PS/c7-10-12(13,11-8)9-6-4-2-1-3-5-6/h6H,1-5,7-8H2,(H3,9,10,11,13). The first-order valence-corrected chi connectivity index (χ1v) is 7.34. The van der Waals surface area contributed by atoms with E-state index in [1.54, 1.807) is 0 Å². The van der Waals surface area contributed by atoms with Crippen molar-refractivity contribution in [2.24, 2.45) is 11.7 Å². The smallest absolute Gasteiger partial charge is 0.163 e. The van der Waals surface area contributed by atoms with Crippen LogP contribution in [0.2, 0.25) is 0 Å². The van der Waals surface area contributed by atoms with Gasteiger partial charge in [-0.3, -0.25) is 16.8 Å². The molecule has 5 nitrogen and oxygen atoms in total. The second-order valence-electron chi connectivity index (χ2n) is 3.33. The van der Waals surface area contributed by atoms with Crippen molar-refractivity contribution in [3.63, 3.8) is 0 Å². The van der Waals surface area contributed by atoms with Gasteiger partial charge in [0.2, 0.25) is 0 Å². The van der Waals surface area contributed by atoms with E-state index in [0.717, 1.165) is 0 Å². The molecule has 1 aliphatic rings. The van der Waals surface area contributed by atoms with Crippen molar-refractivity contribution in [2.75, 3.05) is 0 Å². The molecule has 13 heavy (non-hydrogen) atoms. The summed E-state index contributed by atoms with van der Waals surface area (Å²) in [5, 5.41) is 8.39. The van der Waals surface area contributed by atoms with E-state index in [9.17, 15) is 0 Å². The third kappa shape index (κ3) is 3.59. The fourth-order valence-corrected chi connectivity index (χ4v) is 3.04. The van der Waals surface area contributed by atoms with Crippen molar-refractivity contribution in [1.29, 1.82) is 0 Å². The molecule has 1 fully saturated rings. The Balaban J connectivity index is 2.40. The monoisotopic (exact) mass is 223 g/mol. The molecule has 0 atom stereocenters. The SMILES string of the molecule is NNP(=S)(NN)NC1CCCCC1. The van der Waals surface area contributed by atoms with E-state index in [-0.39, 0.29) is 0 Å². The Morgan fingerprint density at radius 1 is 1.08 bits per heavy atom. The zero-order valence-electron chi connectivity index (χ0n) is 7.62. The summed E-state index contributed by atoms with van der Waals surface area (Å²) in [5.74, 6) is 10.6. The largest absolute Gasteiger partial charge is 0.265 e. The van der Waals surface area contributed by atoms with Gasteiger partial charge in [0.15, 0.2) is 6.49 Å². The fourth-order valence-electron chi connectivity index (χ4n) is 1.60. The molecular formula is C6H18N5PS. The minimum absolute atomic E-state index is 0.465. The third-order valence-electron chi connectivity index (χ3n) is 2.33. The van der Waals surface area contributed by atoms with Gasteiger partial charge in [-0.05, 0) is 24.6 Å². The maximum Gasteiger partial charge on any atom is 0.163 e. The number of hydrazine groups is 2. The van der Waals surface area contributed by atoms with Crippen molar-refractivity contribution in [2.45, 2.75) is 38.1 Å². The van der Waals surface area contributed by atoms with Gasteiger partial charge in [-0.1, -0.05) is 19.3 Å². The number of hydrogen-bond donors (Lipinski definition) is 5. The molecule has 0 aromatic carbocycles. The van der Waals surface area contributed by atoms with E-state index in [0.29, 0.717) is 6.04 Å². The minimum atomic E-state index is -2.11. The molecule has 0 bridgehead atoms. The molecule has 0 radical (unpaired) electrons. The van der Waals surface area contributed by atoms with Gasteiger partial charge in [0.25, 0.3) is 0 Å². The fraction of sp³-hybridized carbons (Fsp3) is 1.00. The highest BCUT2D eigenvalue weighted by Gasteiger charge is 2.20. The first-order valence-electron chi connectivity index (χ1n) is 4.54. The van der Waals surface area contributed by atoms with Crippen molar-refractivity contribution in [1.82, 2.24) is 15.5 Å². The topological polar surface area (TPSA) is 88.1 Å². The van der Waals surface area contributed by atoms with Gasteiger partial charge in [0.05, 0.1) is 0 Å². The molecule has 7 heteroatoms. The number of hydrogen-bond acceptors (Lipinski definition) is 3. The number of nitrogens with one attached hydrogen (secondary N) is 3. The van der Waals surface area contributed by atoms with Gasteiger partial charge in [0, 0.05) is 6.04 Å². The molecule has 0 unspecified atom stereocenters. The van der Waals surface area contributed by atoms with Crippen LogP contribution in [0.5, 0.6) is 0 Å². The van der Waals surface area contributed by atoms with Crippen LogP contribution in [0.25, 0.3) is 0 Å². The van der Waals surface area contributed by atoms with Crippen LogP contribution in [-0.4, -0.2) is 6.04 Å². The summed E-state index contributed by atoms with van der Waals surface area (Å²) in [4.78, 5) is 0. The number of rotatable bonds is 4. The Labute approximate surface area is 84.1 Å². The molecular weight excluding hydrogens is 205 g/mol. The second kappa shape index (κ2) is 5.36. The van der Waals surface area contributed by atoms with Crippen LogP contribution in [0.3, 0.4) is 0 Å². The van der Waals surface area contributed by atoms with Crippen molar-refractivity contribution in [3.8, 4) is 0 Å². The van der Waals surface area contributed by atoms with Gasteiger partial charge in [0.1, 0.15) is 0 Å². The van der Waals surface area contributed by atoms with Crippen LogP contribution >= 0.6 is 6.49 Å². The number of nitrogens with two attached hydrogens (primary N) is 2. The maximum atomic E-state index is 5.32. The summed E-state index contributed by atoms with van der Waals surface area (Å²) in [7, 11) is 0. The Morgan fingerprint density at radius 2 is 1.62 bits per heavy atom. The molecule has 0 amide bonds. The minimum Gasteiger partial charge on any atom is -0.265 e. The van der Waals surface area contributed by atoms with E-state index < -0.39 is 6.49 Å². The van der Waals surface area contributed by atoms with Gasteiger partial charge >= 0.3 is 0 Å². The van der Waals surface area contributed by atoms with Crippen molar-refractivity contribution in [3.05, 3.63) is 0 Å². The molecule has 1 aliphatic carbocycles. The van der Waals surface area contributed by atoms with Crippen LogP contribution < -0.4 is 27.2 Å². The lowest BCUT2D eigenvalue weighted by atomic mass is 9.96. The van der Waals surface area contributed by atoms with E-state index >= 15 is 0 Å². The third-order valence-corrected chi connectivity index (χ3v) is 4.74. The Kier molecular flexibility index (Phi) is 4.75. The molecule has 7 N–H and O–H groups in total. The van der Waals surface area contributed by atoms with Crippen LogP contribution in [0.1, 0.15) is 32.1 Å². The lowest BCUT2D eigenvalue weighted by Gasteiger charge is -2.29.